The predicted molar refractivity (Wildman–Crippen MR) is 74.4 cm³/mol. The van der Waals surface area contributed by atoms with Crippen LogP contribution in [0.1, 0.15) is 36.0 Å². The zero-order valence-electron chi connectivity index (χ0n) is 11.0. The number of aliphatic hydroxyl groups excluding tert-OH is 1. The first-order chi connectivity index (χ1) is 9.20. The van der Waals surface area contributed by atoms with Crippen LogP contribution >= 0.6 is 0 Å². The largest absolute Gasteiger partial charge is 0.478 e. The summed E-state index contributed by atoms with van der Waals surface area (Å²) in [6.07, 6.45) is 4.66. The van der Waals surface area contributed by atoms with Crippen molar-refractivity contribution in [2.75, 3.05) is 18.5 Å². The predicted octanol–water partition coefficient (Wildman–Crippen LogP) is 2.60. The minimum atomic E-state index is -0.908. The van der Waals surface area contributed by atoms with Crippen molar-refractivity contribution >= 4 is 11.7 Å². The molecule has 0 amide bonds. The zero-order valence-corrected chi connectivity index (χ0v) is 11.0. The van der Waals surface area contributed by atoms with Gasteiger partial charge in [-0.2, -0.15) is 0 Å². The molecule has 2 atom stereocenters. The number of carboxylic acids is 1. The van der Waals surface area contributed by atoms with Gasteiger partial charge in [-0.1, -0.05) is 18.9 Å². The van der Waals surface area contributed by atoms with Gasteiger partial charge in [-0.25, -0.2) is 4.79 Å². The Balaban J connectivity index is 1.94. The van der Waals surface area contributed by atoms with E-state index in [-0.39, 0.29) is 6.61 Å². The van der Waals surface area contributed by atoms with Crippen LogP contribution in [0, 0.1) is 11.8 Å². The Morgan fingerprint density at radius 2 is 2.00 bits per heavy atom. The summed E-state index contributed by atoms with van der Waals surface area (Å²) in [7, 11) is 0. The van der Waals surface area contributed by atoms with Gasteiger partial charge in [-0.05, 0) is 42.9 Å². The van der Waals surface area contributed by atoms with Crippen LogP contribution in [0.2, 0.25) is 0 Å². The number of nitrogens with one attached hydrogen (secondary N) is 1. The summed E-state index contributed by atoms with van der Waals surface area (Å²) in [4.78, 5) is 10.9. The van der Waals surface area contributed by atoms with Gasteiger partial charge in [0.15, 0.2) is 0 Å². The Labute approximate surface area is 113 Å². The molecule has 104 valence electrons. The molecule has 0 radical (unpaired) electrons. The highest BCUT2D eigenvalue weighted by Gasteiger charge is 2.24. The van der Waals surface area contributed by atoms with Crippen LogP contribution in [0.3, 0.4) is 0 Å². The summed E-state index contributed by atoms with van der Waals surface area (Å²) in [5.74, 6) is -0.0503. The second-order valence-corrected chi connectivity index (χ2v) is 5.25. The molecule has 1 aromatic carbocycles. The van der Waals surface area contributed by atoms with E-state index in [4.69, 9.17) is 5.11 Å². The molecule has 0 saturated heterocycles. The molecule has 1 saturated carbocycles. The molecule has 4 nitrogen and oxygen atoms in total. The maximum atomic E-state index is 10.9. The van der Waals surface area contributed by atoms with Crippen molar-refractivity contribution in [1.29, 1.82) is 0 Å². The maximum absolute atomic E-state index is 10.9. The minimum Gasteiger partial charge on any atom is -0.478 e. The molecule has 19 heavy (non-hydrogen) atoms. The number of rotatable bonds is 5. The number of hydrogen-bond acceptors (Lipinski definition) is 3. The fraction of sp³-hybridized carbons (Fsp3) is 0.533. The van der Waals surface area contributed by atoms with Crippen LogP contribution in [0.4, 0.5) is 5.69 Å². The molecule has 0 bridgehead atoms. The highest BCUT2D eigenvalue weighted by molar-refractivity contribution is 5.88. The summed E-state index contributed by atoms with van der Waals surface area (Å²) < 4.78 is 0. The lowest BCUT2D eigenvalue weighted by atomic mass is 9.79. The topological polar surface area (TPSA) is 69.6 Å². The standard InChI is InChI=1S/C15H21NO3/c17-10-13-5-2-1-4-12(13)9-16-14-7-3-6-11(8-14)15(18)19/h3,6-8,12-13,16-17H,1-2,4-5,9-10H2,(H,18,19). The van der Waals surface area contributed by atoms with Crippen molar-refractivity contribution in [2.45, 2.75) is 25.7 Å². The lowest BCUT2D eigenvalue weighted by Gasteiger charge is -2.30. The minimum absolute atomic E-state index is 0.252. The Kier molecular flexibility index (Phi) is 4.80. The normalized spacial score (nSPS) is 23.0. The van der Waals surface area contributed by atoms with Gasteiger partial charge in [0.2, 0.25) is 0 Å². The summed E-state index contributed by atoms with van der Waals surface area (Å²) in [6.45, 7) is 1.05. The van der Waals surface area contributed by atoms with E-state index in [1.165, 1.54) is 12.8 Å². The molecule has 1 aromatic rings. The Bertz CT molecular complexity index is 433. The van der Waals surface area contributed by atoms with Gasteiger partial charge in [0, 0.05) is 18.8 Å². The average molecular weight is 263 g/mol. The fourth-order valence-electron chi connectivity index (χ4n) is 2.80. The van der Waals surface area contributed by atoms with Crippen LogP contribution in [-0.2, 0) is 0 Å². The van der Waals surface area contributed by atoms with Crippen molar-refractivity contribution < 1.29 is 15.0 Å². The first-order valence-electron chi connectivity index (χ1n) is 6.89. The highest BCUT2D eigenvalue weighted by atomic mass is 16.4. The van der Waals surface area contributed by atoms with E-state index in [0.717, 1.165) is 25.1 Å². The Morgan fingerprint density at radius 1 is 1.26 bits per heavy atom. The van der Waals surface area contributed by atoms with Crippen LogP contribution < -0.4 is 5.32 Å². The van der Waals surface area contributed by atoms with E-state index in [1.54, 1.807) is 18.2 Å². The molecular formula is C15H21NO3. The van der Waals surface area contributed by atoms with Crippen molar-refractivity contribution in [2.24, 2.45) is 11.8 Å². The first-order valence-corrected chi connectivity index (χ1v) is 6.89. The molecule has 1 aliphatic rings. The fourth-order valence-corrected chi connectivity index (χ4v) is 2.80. The molecule has 0 spiro atoms. The van der Waals surface area contributed by atoms with E-state index < -0.39 is 5.97 Å². The number of benzene rings is 1. The van der Waals surface area contributed by atoms with E-state index >= 15 is 0 Å². The van der Waals surface area contributed by atoms with Gasteiger partial charge in [0.1, 0.15) is 0 Å². The van der Waals surface area contributed by atoms with Gasteiger partial charge in [-0.3, -0.25) is 0 Å². The van der Waals surface area contributed by atoms with Crippen molar-refractivity contribution in [3.63, 3.8) is 0 Å². The molecule has 4 heteroatoms. The first kappa shape index (κ1) is 13.9. The van der Waals surface area contributed by atoms with E-state index in [1.807, 2.05) is 6.07 Å². The number of carbonyl (C=O) groups is 1. The summed E-state index contributed by atoms with van der Waals surface area (Å²) in [6, 6.07) is 6.86. The van der Waals surface area contributed by atoms with Crippen LogP contribution in [0.25, 0.3) is 0 Å². The molecule has 0 heterocycles. The van der Waals surface area contributed by atoms with Gasteiger partial charge in [0.05, 0.1) is 5.56 Å². The quantitative estimate of drug-likeness (QED) is 0.763. The van der Waals surface area contributed by atoms with Crippen LogP contribution in [0.15, 0.2) is 24.3 Å². The van der Waals surface area contributed by atoms with E-state index in [0.29, 0.717) is 17.4 Å². The number of aromatic carboxylic acids is 1. The number of aliphatic hydroxyl groups is 1. The van der Waals surface area contributed by atoms with E-state index in [9.17, 15) is 9.90 Å². The second-order valence-electron chi connectivity index (χ2n) is 5.25. The lowest BCUT2D eigenvalue weighted by Crippen LogP contribution is -2.28. The smallest absolute Gasteiger partial charge is 0.335 e. The summed E-state index contributed by atoms with van der Waals surface area (Å²) in [5.41, 5.74) is 1.13. The Hall–Kier alpha value is -1.55. The molecule has 2 rings (SSSR count). The molecule has 1 fully saturated rings. The van der Waals surface area contributed by atoms with Crippen molar-refractivity contribution in [3.05, 3.63) is 29.8 Å². The van der Waals surface area contributed by atoms with Gasteiger partial charge >= 0.3 is 5.97 Å². The van der Waals surface area contributed by atoms with Gasteiger partial charge in [0.25, 0.3) is 0 Å². The van der Waals surface area contributed by atoms with Gasteiger partial charge in [-0.15, -0.1) is 0 Å². The number of hydrogen-bond donors (Lipinski definition) is 3. The van der Waals surface area contributed by atoms with Crippen LogP contribution in [-0.4, -0.2) is 29.3 Å². The molecule has 3 N–H and O–H groups in total. The average Bonchev–Trinajstić information content (AvgIpc) is 2.45. The molecular weight excluding hydrogens is 242 g/mol. The number of anilines is 1. The third-order valence-electron chi connectivity index (χ3n) is 3.98. The van der Waals surface area contributed by atoms with E-state index in [2.05, 4.69) is 5.32 Å². The summed E-state index contributed by atoms with van der Waals surface area (Å²) in [5, 5.41) is 21.6. The van der Waals surface area contributed by atoms with Crippen molar-refractivity contribution in [3.8, 4) is 0 Å². The molecule has 1 aliphatic carbocycles. The van der Waals surface area contributed by atoms with Crippen LogP contribution in [0.5, 0.6) is 0 Å². The zero-order chi connectivity index (χ0) is 13.7. The summed E-state index contributed by atoms with van der Waals surface area (Å²) >= 11 is 0. The highest BCUT2D eigenvalue weighted by Crippen LogP contribution is 2.29. The second kappa shape index (κ2) is 6.57. The third kappa shape index (κ3) is 3.70. The monoisotopic (exact) mass is 263 g/mol. The SMILES string of the molecule is O=C(O)c1cccc(NCC2CCCCC2CO)c1. The third-order valence-corrected chi connectivity index (χ3v) is 3.98. The number of carboxylic acid groups (broad SMARTS) is 1. The maximum Gasteiger partial charge on any atom is 0.335 e. The molecule has 0 aromatic heterocycles. The van der Waals surface area contributed by atoms with Gasteiger partial charge < -0.3 is 15.5 Å². The lowest BCUT2D eigenvalue weighted by molar-refractivity contribution is 0.0697. The Morgan fingerprint density at radius 3 is 2.68 bits per heavy atom. The molecule has 2 unspecified atom stereocenters. The molecule has 0 aliphatic heterocycles. The van der Waals surface area contributed by atoms with Crippen molar-refractivity contribution in [1.82, 2.24) is 0 Å².